The van der Waals surface area contributed by atoms with Crippen molar-refractivity contribution in [3.63, 3.8) is 0 Å². The van der Waals surface area contributed by atoms with Crippen molar-refractivity contribution in [1.29, 1.82) is 0 Å². The standard InChI is InChI=1S/C19H29BrN6OS/c1-14(2)28-19-23-17(25-10-4-3-5-11-25)15-13-22-26(18(15)24-19)12-9-21-16(27)7-6-8-20/h13-14H,3-12H2,1-2H3,(H,21,27). The molecular formula is C19H29BrN6OS. The summed E-state index contributed by atoms with van der Waals surface area (Å²) in [5.41, 5.74) is 0.855. The lowest BCUT2D eigenvalue weighted by Crippen LogP contribution is -2.30. The molecule has 1 aliphatic heterocycles. The normalized spacial score (nSPS) is 14.8. The Morgan fingerprint density at radius 1 is 1.29 bits per heavy atom. The largest absolute Gasteiger partial charge is 0.356 e. The minimum atomic E-state index is 0.0793. The van der Waals surface area contributed by atoms with E-state index in [-0.39, 0.29) is 5.91 Å². The molecule has 2 aromatic heterocycles. The Labute approximate surface area is 179 Å². The first kappa shape index (κ1) is 21.4. The molecule has 1 saturated heterocycles. The smallest absolute Gasteiger partial charge is 0.220 e. The summed E-state index contributed by atoms with van der Waals surface area (Å²) in [6.45, 7) is 7.52. The van der Waals surface area contributed by atoms with Crippen LogP contribution in [0.1, 0.15) is 46.0 Å². The molecule has 28 heavy (non-hydrogen) atoms. The molecule has 9 heteroatoms. The quantitative estimate of drug-likeness (QED) is 0.344. The van der Waals surface area contributed by atoms with Gasteiger partial charge in [-0.15, -0.1) is 0 Å². The van der Waals surface area contributed by atoms with Gasteiger partial charge < -0.3 is 10.2 Å². The van der Waals surface area contributed by atoms with Crippen LogP contribution in [0.15, 0.2) is 11.4 Å². The highest BCUT2D eigenvalue weighted by Gasteiger charge is 2.20. The fourth-order valence-corrected chi connectivity index (χ4v) is 4.29. The van der Waals surface area contributed by atoms with Gasteiger partial charge in [-0.05, 0) is 25.7 Å². The molecule has 0 unspecified atom stereocenters. The maximum atomic E-state index is 11.8. The number of alkyl halides is 1. The van der Waals surface area contributed by atoms with Crippen molar-refractivity contribution >= 4 is 50.5 Å². The molecular weight excluding hydrogens is 440 g/mol. The fourth-order valence-electron chi connectivity index (χ4n) is 3.31. The number of fused-ring (bicyclic) bond motifs is 1. The topological polar surface area (TPSA) is 75.9 Å². The van der Waals surface area contributed by atoms with Gasteiger partial charge in [0, 0.05) is 36.6 Å². The average Bonchev–Trinajstić information content (AvgIpc) is 3.09. The highest BCUT2D eigenvalue weighted by atomic mass is 79.9. The van der Waals surface area contributed by atoms with Gasteiger partial charge in [0.1, 0.15) is 5.82 Å². The van der Waals surface area contributed by atoms with Crippen LogP contribution >= 0.6 is 27.7 Å². The zero-order valence-corrected chi connectivity index (χ0v) is 19.1. The van der Waals surface area contributed by atoms with Crippen molar-refractivity contribution in [2.45, 2.75) is 62.9 Å². The summed E-state index contributed by atoms with van der Waals surface area (Å²) in [6.07, 6.45) is 6.95. The summed E-state index contributed by atoms with van der Waals surface area (Å²) < 4.78 is 1.89. The second kappa shape index (κ2) is 10.4. The molecule has 1 aliphatic rings. The van der Waals surface area contributed by atoms with E-state index in [1.54, 1.807) is 11.8 Å². The average molecular weight is 469 g/mol. The number of hydrogen-bond donors (Lipinski definition) is 1. The van der Waals surface area contributed by atoms with Crippen LogP contribution in [-0.4, -0.2) is 55.9 Å². The first-order valence-electron chi connectivity index (χ1n) is 10.1. The molecule has 1 N–H and O–H groups in total. The van der Waals surface area contributed by atoms with Crippen LogP contribution < -0.4 is 10.2 Å². The number of rotatable bonds is 9. The highest BCUT2D eigenvalue weighted by molar-refractivity contribution is 9.09. The summed E-state index contributed by atoms with van der Waals surface area (Å²) in [6, 6.07) is 0. The molecule has 1 fully saturated rings. The van der Waals surface area contributed by atoms with Gasteiger partial charge in [-0.3, -0.25) is 4.79 Å². The number of piperidine rings is 1. The lowest BCUT2D eigenvalue weighted by Gasteiger charge is -2.28. The molecule has 1 amide bonds. The van der Waals surface area contributed by atoms with Gasteiger partial charge in [0.2, 0.25) is 5.91 Å². The van der Waals surface area contributed by atoms with Gasteiger partial charge in [-0.25, -0.2) is 14.6 Å². The van der Waals surface area contributed by atoms with E-state index in [1.165, 1.54) is 19.3 Å². The molecule has 0 aromatic carbocycles. The van der Waals surface area contributed by atoms with Crippen molar-refractivity contribution < 1.29 is 4.79 Å². The number of carbonyl (C=O) groups excluding carboxylic acids is 1. The van der Waals surface area contributed by atoms with Gasteiger partial charge in [0.05, 0.1) is 18.1 Å². The van der Waals surface area contributed by atoms with E-state index in [0.29, 0.717) is 24.8 Å². The van der Waals surface area contributed by atoms with Crippen molar-refractivity contribution in [1.82, 2.24) is 25.1 Å². The van der Waals surface area contributed by atoms with Crippen LogP contribution in [0.25, 0.3) is 11.0 Å². The Bertz CT molecular complexity index is 790. The maximum Gasteiger partial charge on any atom is 0.220 e. The lowest BCUT2D eigenvalue weighted by atomic mass is 10.1. The third kappa shape index (κ3) is 5.59. The molecule has 2 aromatic rings. The van der Waals surface area contributed by atoms with Gasteiger partial charge in [0.15, 0.2) is 10.8 Å². The number of nitrogens with zero attached hydrogens (tertiary/aromatic N) is 5. The van der Waals surface area contributed by atoms with Crippen molar-refractivity contribution in [2.24, 2.45) is 0 Å². The summed E-state index contributed by atoms with van der Waals surface area (Å²) in [7, 11) is 0. The Hall–Kier alpha value is -1.35. The molecule has 154 valence electrons. The Balaban J connectivity index is 1.80. The number of thioether (sulfide) groups is 1. The SMILES string of the molecule is CC(C)Sc1nc(N2CCCCC2)c2cnn(CCNC(=O)CCCBr)c2n1. The number of hydrogen-bond acceptors (Lipinski definition) is 6. The lowest BCUT2D eigenvalue weighted by molar-refractivity contribution is -0.121. The third-order valence-corrected chi connectivity index (χ3v) is 6.06. The Morgan fingerprint density at radius 2 is 2.07 bits per heavy atom. The number of halogens is 1. The Morgan fingerprint density at radius 3 is 2.79 bits per heavy atom. The van der Waals surface area contributed by atoms with E-state index in [1.807, 2.05) is 10.9 Å². The zero-order chi connectivity index (χ0) is 19.9. The van der Waals surface area contributed by atoms with Crippen molar-refractivity contribution in [3.8, 4) is 0 Å². The van der Waals surface area contributed by atoms with Crippen LogP contribution in [0.2, 0.25) is 0 Å². The molecule has 0 radical (unpaired) electrons. The molecule has 3 heterocycles. The number of amides is 1. The first-order chi connectivity index (χ1) is 13.6. The monoisotopic (exact) mass is 468 g/mol. The summed E-state index contributed by atoms with van der Waals surface area (Å²) in [5, 5.41) is 10.6. The summed E-state index contributed by atoms with van der Waals surface area (Å²) >= 11 is 5.03. The van der Waals surface area contributed by atoms with Crippen molar-refractivity contribution in [3.05, 3.63) is 6.20 Å². The summed E-state index contributed by atoms with van der Waals surface area (Å²) in [5.74, 6) is 1.08. The number of carbonyl (C=O) groups is 1. The van der Waals surface area contributed by atoms with Crippen LogP contribution in [0.5, 0.6) is 0 Å². The summed E-state index contributed by atoms with van der Waals surface area (Å²) in [4.78, 5) is 23.9. The second-order valence-corrected chi connectivity index (χ2v) is 9.63. The van der Waals surface area contributed by atoms with Gasteiger partial charge in [-0.1, -0.05) is 41.5 Å². The molecule has 3 rings (SSSR count). The molecule has 0 saturated carbocycles. The number of nitrogens with one attached hydrogen (secondary N) is 1. The molecule has 0 spiro atoms. The zero-order valence-electron chi connectivity index (χ0n) is 16.7. The highest BCUT2D eigenvalue weighted by Crippen LogP contribution is 2.30. The fraction of sp³-hybridized carbons (Fsp3) is 0.684. The van der Waals surface area contributed by atoms with E-state index in [0.717, 1.165) is 46.8 Å². The third-order valence-electron chi connectivity index (χ3n) is 4.64. The van der Waals surface area contributed by atoms with E-state index in [4.69, 9.17) is 9.97 Å². The molecule has 0 aliphatic carbocycles. The van der Waals surface area contributed by atoms with E-state index < -0.39 is 0 Å². The van der Waals surface area contributed by atoms with Crippen LogP contribution in [0, 0.1) is 0 Å². The van der Waals surface area contributed by atoms with Gasteiger partial charge in [-0.2, -0.15) is 5.10 Å². The predicted molar refractivity (Wildman–Crippen MR) is 118 cm³/mol. The minimum Gasteiger partial charge on any atom is -0.356 e. The maximum absolute atomic E-state index is 11.8. The minimum absolute atomic E-state index is 0.0793. The first-order valence-corrected chi connectivity index (χ1v) is 12.1. The van der Waals surface area contributed by atoms with E-state index in [9.17, 15) is 4.79 Å². The number of anilines is 1. The van der Waals surface area contributed by atoms with E-state index in [2.05, 4.69) is 45.1 Å². The predicted octanol–water partition coefficient (Wildman–Crippen LogP) is 3.61. The van der Waals surface area contributed by atoms with Crippen molar-refractivity contribution in [2.75, 3.05) is 29.9 Å². The van der Waals surface area contributed by atoms with Gasteiger partial charge in [0.25, 0.3) is 0 Å². The Kier molecular flexibility index (Phi) is 7.96. The van der Waals surface area contributed by atoms with E-state index >= 15 is 0 Å². The molecule has 7 nitrogen and oxygen atoms in total. The van der Waals surface area contributed by atoms with Crippen LogP contribution in [0.4, 0.5) is 5.82 Å². The van der Waals surface area contributed by atoms with Crippen LogP contribution in [0.3, 0.4) is 0 Å². The van der Waals surface area contributed by atoms with Crippen LogP contribution in [-0.2, 0) is 11.3 Å². The molecule has 0 bridgehead atoms. The van der Waals surface area contributed by atoms with Gasteiger partial charge >= 0.3 is 0 Å². The number of aromatic nitrogens is 4. The second-order valence-electron chi connectivity index (χ2n) is 7.29. The molecule has 0 atom stereocenters.